The van der Waals surface area contributed by atoms with Gasteiger partial charge in [-0.2, -0.15) is 0 Å². The number of hydrogen-bond donors (Lipinski definition) is 1. The Morgan fingerprint density at radius 1 is 1.06 bits per heavy atom. The molecule has 92 valence electrons. The second-order valence-electron chi connectivity index (χ2n) is 4.70. The van der Waals surface area contributed by atoms with Gasteiger partial charge >= 0.3 is 0 Å². The lowest BCUT2D eigenvalue weighted by Gasteiger charge is -2.13. The average molecular weight is 242 g/mol. The third kappa shape index (κ3) is 6.14. The van der Waals surface area contributed by atoms with Crippen LogP contribution in [0.4, 0.5) is 0 Å². The molecule has 0 saturated carbocycles. The van der Waals surface area contributed by atoms with Crippen LogP contribution < -0.4 is 5.32 Å². The molecule has 0 saturated heterocycles. The van der Waals surface area contributed by atoms with E-state index in [0.717, 1.165) is 19.0 Å². The van der Waals surface area contributed by atoms with E-state index in [1.807, 2.05) is 0 Å². The van der Waals surface area contributed by atoms with E-state index >= 15 is 0 Å². The highest BCUT2D eigenvalue weighted by atomic mass is 35.5. The van der Waals surface area contributed by atoms with Gasteiger partial charge in [-0.15, -0.1) is 12.4 Å². The third-order valence-electron chi connectivity index (χ3n) is 2.72. The molecule has 0 radical (unpaired) electrons. The van der Waals surface area contributed by atoms with E-state index < -0.39 is 0 Å². The Morgan fingerprint density at radius 3 is 2.25 bits per heavy atom. The number of nitrogens with one attached hydrogen (secondary N) is 1. The highest BCUT2D eigenvalue weighted by Crippen LogP contribution is 2.12. The quantitative estimate of drug-likeness (QED) is 0.746. The van der Waals surface area contributed by atoms with Crippen molar-refractivity contribution in [1.29, 1.82) is 0 Å². The summed E-state index contributed by atoms with van der Waals surface area (Å²) in [5.74, 6) is 1.41. The second kappa shape index (κ2) is 8.60. The molecule has 0 aliphatic heterocycles. The molecule has 16 heavy (non-hydrogen) atoms. The zero-order chi connectivity index (χ0) is 11.1. The molecular weight excluding hydrogens is 218 g/mol. The SMILES string of the molecule is CC(C)CCNCC(C)c1ccccc1.Cl. The van der Waals surface area contributed by atoms with Gasteiger partial charge in [-0.3, -0.25) is 0 Å². The van der Waals surface area contributed by atoms with Crippen LogP contribution in [0.15, 0.2) is 30.3 Å². The van der Waals surface area contributed by atoms with Gasteiger partial charge < -0.3 is 5.32 Å². The maximum Gasteiger partial charge on any atom is 0.00174 e. The van der Waals surface area contributed by atoms with E-state index in [1.165, 1.54) is 12.0 Å². The fourth-order valence-corrected chi connectivity index (χ4v) is 1.61. The largest absolute Gasteiger partial charge is 0.316 e. The predicted octanol–water partition coefficient (Wildman–Crippen LogP) is 3.85. The number of halogens is 1. The van der Waals surface area contributed by atoms with Crippen molar-refractivity contribution in [1.82, 2.24) is 5.32 Å². The third-order valence-corrected chi connectivity index (χ3v) is 2.72. The van der Waals surface area contributed by atoms with Gasteiger partial charge in [0.05, 0.1) is 0 Å². The lowest BCUT2D eigenvalue weighted by molar-refractivity contribution is 0.522. The standard InChI is InChI=1S/C14H23N.ClH/c1-12(2)9-10-15-11-13(3)14-7-5-4-6-8-14;/h4-8,12-13,15H,9-11H2,1-3H3;1H. The average Bonchev–Trinajstić information content (AvgIpc) is 2.25. The van der Waals surface area contributed by atoms with Crippen LogP contribution in [-0.2, 0) is 0 Å². The van der Waals surface area contributed by atoms with Crippen LogP contribution in [0.2, 0.25) is 0 Å². The lowest BCUT2D eigenvalue weighted by Crippen LogP contribution is -2.22. The number of rotatable bonds is 6. The fourth-order valence-electron chi connectivity index (χ4n) is 1.61. The van der Waals surface area contributed by atoms with Crippen molar-refractivity contribution in [2.45, 2.75) is 33.1 Å². The molecule has 1 N–H and O–H groups in total. The van der Waals surface area contributed by atoms with Crippen molar-refractivity contribution in [3.05, 3.63) is 35.9 Å². The van der Waals surface area contributed by atoms with Crippen LogP contribution in [0, 0.1) is 5.92 Å². The minimum absolute atomic E-state index is 0. The van der Waals surface area contributed by atoms with Crippen LogP contribution in [0.25, 0.3) is 0 Å². The van der Waals surface area contributed by atoms with E-state index in [9.17, 15) is 0 Å². The van der Waals surface area contributed by atoms with Gasteiger partial charge in [0, 0.05) is 6.54 Å². The summed E-state index contributed by atoms with van der Waals surface area (Å²) in [5.41, 5.74) is 1.43. The second-order valence-corrected chi connectivity index (χ2v) is 4.70. The molecule has 0 bridgehead atoms. The molecule has 1 aromatic rings. The summed E-state index contributed by atoms with van der Waals surface area (Å²) in [6.45, 7) is 9.02. The van der Waals surface area contributed by atoms with E-state index in [2.05, 4.69) is 56.4 Å². The zero-order valence-electron chi connectivity index (χ0n) is 10.6. The maximum absolute atomic E-state index is 3.51. The Hall–Kier alpha value is -0.530. The van der Waals surface area contributed by atoms with E-state index in [-0.39, 0.29) is 12.4 Å². The summed E-state index contributed by atoms with van der Waals surface area (Å²) in [7, 11) is 0. The lowest BCUT2D eigenvalue weighted by atomic mass is 10.0. The molecule has 0 aromatic heterocycles. The topological polar surface area (TPSA) is 12.0 Å². The molecule has 0 spiro atoms. The van der Waals surface area contributed by atoms with Crippen molar-refractivity contribution in [3.63, 3.8) is 0 Å². The minimum Gasteiger partial charge on any atom is -0.316 e. The van der Waals surface area contributed by atoms with Gasteiger partial charge in [-0.1, -0.05) is 51.1 Å². The summed E-state index contributed by atoms with van der Waals surface area (Å²) in [4.78, 5) is 0. The first-order valence-electron chi connectivity index (χ1n) is 5.96. The summed E-state index contributed by atoms with van der Waals surface area (Å²) in [6.07, 6.45) is 1.27. The van der Waals surface area contributed by atoms with Crippen LogP contribution >= 0.6 is 12.4 Å². The molecule has 1 atom stereocenters. The Morgan fingerprint density at radius 2 is 1.69 bits per heavy atom. The van der Waals surface area contributed by atoms with Gasteiger partial charge in [-0.05, 0) is 30.4 Å². The van der Waals surface area contributed by atoms with E-state index in [4.69, 9.17) is 0 Å². The van der Waals surface area contributed by atoms with Gasteiger partial charge in [0.1, 0.15) is 0 Å². The van der Waals surface area contributed by atoms with Gasteiger partial charge in [0.15, 0.2) is 0 Å². The first-order chi connectivity index (χ1) is 7.20. The van der Waals surface area contributed by atoms with Crippen LogP contribution in [0.1, 0.15) is 38.7 Å². The number of hydrogen-bond acceptors (Lipinski definition) is 1. The van der Waals surface area contributed by atoms with Gasteiger partial charge in [0.2, 0.25) is 0 Å². The van der Waals surface area contributed by atoms with Crippen LogP contribution in [-0.4, -0.2) is 13.1 Å². The molecule has 1 aromatic carbocycles. The highest BCUT2D eigenvalue weighted by molar-refractivity contribution is 5.85. The van der Waals surface area contributed by atoms with Crippen molar-refractivity contribution >= 4 is 12.4 Å². The zero-order valence-corrected chi connectivity index (χ0v) is 11.4. The summed E-state index contributed by atoms with van der Waals surface area (Å²) in [6, 6.07) is 10.7. The first-order valence-corrected chi connectivity index (χ1v) is 5.96. The maximum atomic E-state index is 3.51. The van der Waals surface area contributed by atoms with Gasteiger partial charge in [-0.25, -0.2) is 0 Å². The molecular formula is C14H24ClN. The van der Waals surface area contributed by atoms with E-state index in [0.29, 0.717) is 5.92 Å². The molecule has 1 rings (SSSR count). The summed E-state index contributed by atoms with van der Waals surface area (Å²) < 4.78 is 0. The molecule has 1 nitrogen and oxygen atoms in total. The first kappa shape index (κ1) is 15.5. The molecule has 0 heterocycles. The van der Waals surface area contributed by atoms with Crippen LogP contribution in [0.5, 0.6) is 0 Å². The minimum atomic E-state index is 0. The monoisotopic (exact) mass is 241 g/mol. The molecule has 2 heteroatoms. The van der Waals surface area contributed by atoms with Crippen LogP contribution in [0.3, 0.4) is 0 Å². The Balaban J connectivity index is 0.00000225. The summed E-state index contributed by atoms with van der Waals surface area (Å²) >= 11 is 0. The molecule has 0 fully saturated rings. The van der Waals surface area contributed by atoms with Crippen molar-refractivity contribution < 1.29 is 0 Å². The van der Waals surface area contributed by atoms with Crippen molar-refractivity contribution in [3.8, 4) is 0 Å². The molecule has 1 unspecified atom stereocenters. The predicted molar refractivity (Wildman–Crippen MR) is 74.4 cm³/mol. The van der Waals surface area contributed by atoms with Crippen molar-refractivity contribution in [2.24, 2.45) is 5.92 Å². The van der Waals surface area contributed by atoms with E-state index in [1.54, 1.807) is 0 Å². The fraction of sp³-hybridized carbons (Fsp3) is 0.571. The highest BCUT2D eigenvalue weighted by Gasteiger charge is 2.03. The Bertz CT molecular complexity index is 259. The number of benzene rings is 1. The molecule has 0 aliphatic rings. The van der Waals surface area contributed by atoms with Gasteiger partial charge in [0.25, 0.3) is 0 Å². The smallest absolute Gasteiger partial charge is 0.00174 e. The van der Waals surface area contributed by atoms with Crippen molar-refractivity contribution in [2.75, 3.05) is 13.1 Å². The molecule has 0 aliphatic carbocycles. The molecule has 0 amide bonds. The normalized spacial score (nSPS) is 12.2. The Kier molecular flexibility index (Phi) is 8.32. The Labute approximate surface area is 106 Å². The summed E-state index contributed by atoms with van der Waals surface area (Å²) in [5, 5.41) is 3.51.